The molecule has 2 rings (SSSR count). The van der Waals surface area contributed by atoms with Gasteiger partial charge < -0.3 is 14.2 Å². The number of rotatable bonds is 7. The first-order valence-electron chi connectivity index (χ1n) is 6.41. The molecule has 0 radical (unpaired) electrons. The molecule has 106 valence electrons. The Balaban J connectivity index is 1.96. The van der Waals surface area contributed by atoms with E-state index in [4.69, 9.17) is 20.1 Å². The molecule has 1 aromatic heterocycles. The van der Waals surface area contributed by atoms with Crippen LogP contribution in [0.25, 0.3) is 0 Å². The van der Waals surface area contributed by atoms with Gasteiger partial charge in [0.1, 0.15) is 6.61 Å². The summed E-state index contributed by atoms with van der Waals surface area (Å²) in [6, 6.07) is 0.386. The molecular formula is C11H19N5O3. The van der Waals surface area contributed by atoms with Crippen LogP contribution in [0.3, 0.4) is 0 Å². The first-order chi connectivity index (χ1) is 9.31. The number of hydrogen-bond acceptors (Lipinski definition) is 8. The second-order valence-corrected chi connectivity index (χ2v) is 4.16. The van der Waals surface area contributed by atoms with Gasteiger partial charge in [0.25, 0.3) is 0 Å². The molecule has 8 nitrogen and oxygen atoms in total. The van der Waals surface area contributed by atoms with E-state index < -0.39 is 0 Å². The van der Waals surface area contributed by atoms with Gasteiger partial charge in [-0.15, -0.1) is 4.98 Å². The lowest BCUT2D eigenvalue weighted by atomic mass is 10.2. The number of ether oxygens (including phenoxy) is 3. The first kappa shape index (κ1) is 13.8. The van der Waals surface area contributed by atoms with Crippen molar-refractivity contribution in [3.8, 4) is 12.0 Å². The van der Waals surface area contributed by atoms with Crippen LogP contribution in [0.2, 0.25) is 0 Å². The predicted molar refractivity (Wildman–Crippen MR) is 67.9 cm³/mol. The van der Waals surface area contributed by atoms with Gasteiger partial charge in [0.15, 0.2) is 0 Å². The predicted octanol–water partition coefficient (Wildman–Crippen LogP) is 0.504. The molecule has 1 fully saturated rings. The molecule has 0 saturated carbocycles. The first-order valence-corrected chi connectivity index (χ1v) is 6.41. The molecule has 0 amide bonds. The average molecular weight is 269 g/mol. The zero-order valence-electron chi connectivity index (χ0n) is 11.0. The Morgan fingerprint density at radius 1 is 1.32 bits per heavy atom. The molecule has 2 heterocycles. The van der Waals surface area contributed by atoms with Gasteiger partial charge in [0, 0.05) is 6.61 Å². The normalized spacial score (nSPS) is 18.3. The highest BCUT2D eigenvalue weighted by molar-refractivity contribution is 5.25. The fourth-order valence-electron chi connectivity index (χ4n) is 1.67. The van der Waals surface area contributed by atoms with E-state index in [9.17, 15) is 0 Å². The van der Waals surface area contributed by atoms with E-state index in [0.717, 1.165) is 25.9 Å². The van der Waals surface area contributed by atoms with E-state index in [1.165, 1.54) is 0 Å². The van der Waals surface area contributed by atoms with E-state index in [2.05, 4.69) is 20.4 Å². The molecule has 19 heavy (non-hydrogen) atoms. The van der Waals surface area contributed by atoms with Crippen molar-refractivity contribution in [1.29, 1.82) is 0 Å². The molecule has 3 N–H and O–H groups in total. The minimum Gasteiger partial charge on any atom is -0.463 e. The topological polar surface area (TPSA) is 104 Å². The number of hydrogen-bond donors (Lipinski definition) is 2. The van der Waals surface area contributed by atoms with Crippen LogP contribution in [0.4, 0.5) is 5.95 Å². The number of nitrogens with two attached hydrogens (primary N) is 1. The Kier molecular flexibility index (Phi) is 5.10. The highest BCUT2D eigenvalue weighted by Gasteiger charge is 2.17. The zero-order valence-corrected chi connectivity index (χ0v) is 11.0. The number of aromatic nitrogens is 3. The molecule has 1 unspecified atom stereocenters. The Morgan fingerprint density at radius 2 is 2.11 bits per heavy atom. The maximum atomic E-state index is 5.49. The maximum absolute atomic E-state index is 5.49. The Labute approximate surface area is 111 Å². The third-order valence-electron chi connectivity index (χ3n) is 2.58. The lowest BCUT2D eigenvalue weighted by molar-refractivity contribution is 0.0640. The molecule has 1 aromatic rings. The van der Waals surface area contributed by atoms with E-state index in [1.54, 1.807) is 0 Å². The van der Waals surface area contributed by atoms with E-state index in [-0.39, 0.29) is 24.1 Å². The van der Waals surface area contributed by atoms with Crippen molar-refractivity contribution in [2.24, 2.45) is 5.84 Å². The molecule has 1 aliphatic heterocycles. The van der Waals surface area contributed by atoms with Crippen molar-refractivity contribution < 1.29 is 14.2 Å². The van der Waals surface area contributed by atoms with Gasteiger partial charge in [-0.05, 0) is 19.3 Å². The van der Waals surface area contributed by atoms with Gasteiger partial charge >= 0.3 is 12.0 Å². The number of nitrogens with one attached hydrogen (secondary N) is 1. The van der Waals surface area contributed by atoms with Crippen molar-refractivity contribution in [2.75, 3.05) is 25.2 Å². The second kappa shape index (κ2) is 7.05. The van der Waals surface area contributed by atoms with Gasteiger partial charge in [0.05, 0.1) is 12.7 Å². The SMILES string of the molecule is CCCOc1nc(NN)nc(OCC2CCCO2)n1. The summed E-state index contributed by atoms with van der Waals surface area (Å²) < 4.78 is 16.3. The highest BCUT2D eigenvalue weighted by Crippen LogP contribution is 2.16. The summed E-state index contributed by atoms with van der Waals surface area (Å²) in [6.45, 7) is 3.73. The van der Waals surface area contributed by atoms with Crippen LogP contribution < -0.4 is 20.7 Å². The molecule has 8 heteroatoms. The van der Waals surface area contributed by atoms with Gasteiger partial charge in [0.2, 0.25) is 5.95 Å². The summed E-state index contributed by atoms with van der Waals surface area (Å²) in [6.07, 6.45) is 3.02. The van der Waals surface area contributed by atoms with Crippen LogP contribution in [0.1, 0.15) is 26.2 Å². The van der Waals surface area contributed by atoms with Crippen molar-refractivity contribution >= 4 is 5.95 Å². The van der Waals surface area contributed by atoms with Crippen LogP contribution in [-0.2, 0) is 4.74 Å². The van der Waals surface area contributed by atoms with E-state index >= 15 is 0 Å². The molecule has 0 aromatic carbocycles. The third-order valence-corrected chi connectivity index (χ3v) is 2.58. The number of nitrogen functional groups attached to an aromatic ring is 1. The minimum atomic E-state index is 0.103. The molecule has 0 bridgehead atoms. The van der Waals surface area contributed by atoms with Crippen molar-refractivity contribution in [3.05, 3.63) is 0 Å². The van der Waals surface area contributed by atoms with Crippen LogP contribution >= 0.6 is 0 Å². The summed E-state index contributed by atoms with van der Waals surface area (Å²) in [5.41, 5.74) is 2.36. The van der Waals surface area contributed by atoms with E-state index in [1.807, 2.05) is 6.92 Å². The molecule has 1 saturated heterocycles. The van der Waals surface area contributed by atoms with Crippen molar-refractivity contribution in [2.45, 2.75) is 32.3 Å². The number of anilines is 1. The van der Waals surface area contributed by atoms with Gasteiger partial charge in [-0.1, -0.05) is 6.92 Å². The quantitative estimate of drug-likeness (QED) is 0.545. The monoisotopic (exact) mass is 269 g/mol. The molecule has 0 spiro atoms. The van der Waals surface area contributed by atoms with E-state index in [0.29, 0.717) is 13.2 Å². The third kappa shape index (κ3) is 4.18. The van der Waals surface area contributed by atoms with Gasteiger partial charge in [-0.2, -0.15) is 9.97 Å². The lowest BCUT2D eigenvalue weighted by Crippen LogP contribution is -2.19. The molecule has 1 atom stereocenters. The number of hydrazine groups is 1. The fourth-order valence-corrected chi connectivity index (χ4v) is 1.67. The second-order valence-electron chi connectivity index (χ2n) is 4.16. The van der Waals surface area contributed by atoms with Crippen molar-refractivity contribution in [3.63, 3.8) is 0 Å². The summed E-state index contributed by atoms with van der Waals surface area (Å²) >= 11 is 0. The fraction of sp³-hybridized carbons (Fsp3) is 0.727. The molecule has 0 aliphatic carbocycles. The largest absolute Gasteiger partial charge is 0.463 e. The lowest BCUT2D eigenvalue weighted by Gasteiger charge is -2.11. The summed E-state index contributed by atoms with van der Waals surface area (Å²) in [5.74, 6) is 5.51. The van der Waals surface area contributed by atoms with Crippen LogP contribution in [-0.4, -0.2) is 40.9 Å². The Bertz CT molecular complexity index is 398. The summed E-state index contributed by atoms with van der Waals surface area (Å²) in [5, 5.41) is 0. The summed E-state index contributed by atoms with van der Waals surface area (Å²) in [7, 11) is 0. The Morgan fingerprint density at radius 3 is 2.74 bits per heavy atom. The molecular weight excluding hydrogens is 250 g/mol. The number of nitrogens with zero attached hydrogens (tertiary/aromatic N) is 3. The van der Waals surface area contributed by atoms with Gasteiger partial charge in [-0.3, -0.25) is 5.43 Å². The Hall–Kier alpha value is -1.67. The average Bonchev–Trinajstić information content (AvgIpc) is 2.96. The zero-order chi connectivity index (χ0) is 13.5. The minimum absolute atomic E-state index is 0.103. The standard InChI is InChI=1S/C11H19N5O3/c1-2-5-18-10-13-9(16-12)14-11(15-10)19-7-8-4-3-6-17-8/h8H,2-7,12H2,1H3,(H,13,14,15,16). The smallest absolute Gasteiger partial charge is 0.324 e. The highest BCUT2D eigenvalue weighted by atomic mass is 16.5. The van der Waals surface area contributed by atoms with Crippen LogP contribution in [0.5, 0.6) is 12.0 Å². The van der Waals surface area contributed by atoms with Crippen LogP contribution in [0.15, 0.2) is 0 Å². The van der Waals surface area contributed by atoms with Crippen LogP contribution in [0, 0.1) is 0 Å². The summed E-state index contributed by atoms with van der Waals surface area (Å²) in [4.78, 5) is 12.0. The van der Waals surface area contributed by atoms with Gasteiger partial charge in [-0.25, -0.2) is 5.84 Å². The maximum Gasteiger partial charge on any atom is 0.324 e. The molecule has 1 aliphatic rings. The van der Waals surface area contributed by atoms with Crippen molar-refractivity contribution in [1.82, 2.24) is 15.0 Å².